The summed E-state index contributed by atoms with van der Waals surface area (Å²) in [5.74, 6) is 0. The number of alkyl halides is 3. The summed E-state index contributed by atoms with van der Waals surface area (Å²) < 4.78 is 67.3. The number of benzene rings is 2. The van der Waals surface area contributed by atoms with E-state index in [1.165, 1.54) is 18.3 Å². The second-order valence-electron chi connectivity index (χ2n) is 6.74. The van der Waals surface area contributed by atoms with E-state index in [1.54, 1.807) is 48.5 Å². The Kier molecular flexibility index (Phi) is 5.77. The van der Waals surface area contributed by atoms with Crippen LogP contribution in [0.4, 0.5) is 13.2 Å². The molecule has 8 heteroatoms. The van der Waals surface area contributed by atoms with Crippen LogP contribution in [-0.4, -0.2) is 19.7 Å². The van der Waals surface area contributed by atoms with Crippen molar-refractivity contribution in [2.75, 3.05) is 6.26 Å². The molecule has 29 heavy (non-hydrogen) atoms. The number of hydrogen-bond donors (Lipinski definition) is 1. The van der Waals surface area contributed by atoms with Crippen molar-refractivity contribution in [1.29, 1.82) is 0 Å². The van der Waals surface area contributed by atoms with Crippen LogP contribution in [0.1, 0.15) is 22.4 Å². The van der Waals surface area contributed by atoms with Crippen molar-refractivity contribution < 1.29 is 21.6 Å². The average Bonchev–Trinajstić information content (AvgIpc) is 2.67. The molecule has 0 aliphatic carbocycles. The molecule has 1 heterocycles. The molecule has 0 amide bonds. The molecule has 0 fully saturated rings. The number of nitrogens with one attached hydrogen (secondary N) is 1. The fraction of sp³-hybridized carbons (Fsp3) is 0.190. The molecule has 0 radical (unpaired) electrons. The van der Waals surface area contributed by atoms with Crippen LogP contribution in [0.25, 0.3) is 0 Å². The van der Waals surface area contributed by atoms with Gasteiger partial charge in [-0.15, -0.1) is 0 Å². The topological polar surface area (TPSA) is 59.1 Å². The zero-order chi connectivity index (χ0) is 21.1. The Balaban J connectivity index is 2.29. The minimum Gasteiger partial charge on any atom is -0.259 e. The predicted octanol–water partition coefficient (Wildman–Crippen LogP) is 4.14. The molecule has 0 saturated heterocycles. The summed E-state index contributed by atoms with van der Waals surface area (Å²) in [6.45, 7) is 0. The normalized spacial score (nSPS) is 14.3. The molecule has 4 nitrogen and oxygen atoms in total. The highest BCUT2D eigenvalue weighted by Gasteiger charge is 2.40. The van der Waals surface area contributed by atoms with E-state index >= 15 is 0 Å². The lowest BCUT2D eigenvalue weighted by molar-refractivity contribution is -0.137. The van der Waals surface area contributed by atoms with Crippen LogP contribution >= 0.6 is 0 Å². The zero-order valence-electron chi connectivity index (χ0n) is 15.5. The highest BCUT2D eigenvalue weighted by molar-refractivity contribution is 7.88. The van der Waals surface area contributed by atoms with Gasteiger partial charge in [-0.25, -0.2) is 8.42 Å². The van der Waals surface area contributed by atoms with Gasteiger partial charge in [0, 0.05) is 12.6 Å². The van der Waals surface area contributed by atoms with Crippen molar-refractivity contribution in [3.05, 3.63) is 101 Å². The van der Waals surface area contributed by atoms with E-state index in [0.29, 0.717) is 5.69 Å². The summed E-state index contributed by atoms with van der Waals surface area (Å²) >= 11 is 0. The quantitative estimate of drug-likeness (QED) is 0.652. The Labute approximate surface area is 167 Å². The third-order valence-corrected chi connectivity index (χ3v) is 5.18. The first-order valence-corrected chi connectivity index (χ1v) is 10.6. The fourth-order valence-corrected chi connectivity index (χ4v) is 4.21. The number of halogens is 3. The van der Waals surface area contributed by atoms with Gasteiger partial charge < -0.3 is 0 Å². The minimum atomic E-state index is -4.57. The van der Waals surface area contributed by atoms with Crippen LogP contribution in [0.2, 0.25) is 0 Å². The first kappa shape index (κ1) is 21.0. The first-order valence-electron chi connectivity index (χ1n) is 8.72. The maximum Gasteiger partial charge on any atom is 0.416 e. The molecule has 2 aromatic carbocycles. The molecule has 0 aliphatic heterocycles. The SMILES string of the molecule is CS(=O)(=O)NC(Cc1ccccc1)(c1cccc(C(F)(F)F)c1)c1ccccn1. The Morgan fingerprint density at radius 1 is 0.897 bits per heavy atom. The number of rotatable bonds is 6. The molecule has 1 N–H and O–H groups in total. The molecule has 1 atom stereocenters. The van der Waals surface area contributed by atoms with Gasteiger partial charge >= 0.3 is 6.18 Å². The summed E-state index contributed by atoms with van der Waals surface area (Å²) in [7, 11) is -3.82. The Hall–Kier alpha value is -2.71. The van der Waals surface area contributed by atoms with Crippen molar-refractivity contribution in [2.24, 2.45) is 0 Å². The summed E-state index contributed by atoms with van der Waals surface area (Å²) in [6.07, 6.45) is -2.03. The fourth-order valence-electron chi connectivity index (χ4n) is 3.28. The van der Waals surface area contributed by atoms with Crippen LogP contribution in [0.15, 0.2) is 79.0 Å². The van der Waals surface area contributed by atoms with E-state index in [4.69, 9.17) is 0 Å². The predicted molar refractivity (Wildman–Crippen MR) is 105 cm³/mol. The van der Waals surface area contributed by atoms with Gasteiger partial charge in [-0.1, -0.05) is 48.5 Å². The minimum absolute atomic E-state index is 0.0826. The van der Waals surface area contributed by atoms with Crippen molar-refractivity contribution in [3.8, 4) is 0 Å². The van der Waals surface area contributed by atoms with E-state index < -0.39 is 27.3 Å². The highest BCUT2D eigenvalue weighted by Crippen LogP contribution is 2.37. The molecule has 0 saturated carbocycles. The molecule has 0 spiro atoms. The third-order valence-electron chi connectivity index (χ3n) is 4.46. The van der Waals surface area contributed by atoms with Gasteiger partial charge in [-0.2, -0.15) is 17.9 Å². The molecule has 152 valence electrons. The van der Waals surface area contributed by atoms with Crippen LogP contribution in [0.5, 0.6) is 0 Å². The van der Waals surface area contributed by atoms with Crippen LogP contribution in [0.3, 0.4) is 0 Å². The van der Waals surface area contributed by atoms with Crippen molar-refractivity contribution in [2.45, 2.75) is 18.1 Å². The Bertz CT molecular complexity index is 1070. The van der Waals surface area contributed by atoms with Gasteiger partial charge in [0.2, 0.25) is 10.0 Å². The lowest BCUT2D eigenvalue weighted by Crippen LogP contribution is -2.48. The Morgan fingerprint density at radius 2 is 1.55 bits per heavy atom. The monoisotopic (exact) mass is 420 g/mol. The molecule has 0 bridgehead atoms. The summed E-state index contributed by atoms with van der Waals surface area (Å²) in [5, 5.41) is 0. The zero-order valence-corrected chi connectivity index (χ0v) is 16.3. The van der Waals surface area contributed by atoms with Gasteiger partial charge in [0.1, 0.15) is 5.54 Å². The van der Waals surface area contributed by atoms with E-state index in [-0.39, 0.29) is 12.0 Å². The third kappa shape index (κ3) is 5.02. The summed E-state index contributed by atoms with van der Waals surface area (Å²) in [5.41, 5.74) is -1.18. The van der Waals surface area contributed by atoms with E-state index in [1.807, 2.05) is 0 Å². The first-order chi connectivity index (χ1) is 13.6. The number of hydrogen-bond acceptors (Lipinski definition) is 3. The lowest BCUT2D eigenvalue weighted by Gasteiger charge is -2.35. The number of sulfonamides is 1. The van der Waals surface area contributed by atoms with Gasteiger partial charge in [0.25, 0.3) is 0 Å². The maximum absolute atomic E-state index is 13.4. The van der Waals surface area contributed by atoms with Gasteiger partial charge in [-0.05, 0) is 35.4 Å². The maximum atomic E-state index is 13.4. The number of pyridine rings is 1. The van der Waals surface area contributed by atoms with Crippen molar-refractivity contribution in [1.82, 2.24) is 9.71 Å². The van der Waals surface area contributed by atoms with Gasteiger partial charge in [0.15, 0.2) is 0 Å². The standard InChI is InChI=1S/C21H19F3N2O2S/c1-29(27,28)26-20(19-12-5-6-13-25-19,15-16-8-3-2-4-9-16)17-10-7-11-18(14-17)21(22,23)24/h2-14,26H,15H2,1H3. The van der Waals surface area contributed by atoms with Crippen molar-refractivity contribution in [3.63, 3.8) is 0 Å². The lowest BCUT2D eigenvalue weighted by atomic mass is 9.81. The molecule has 0 aliphatic rings. The molecule has 1 unspecified atom stereocenters. The highest BCUT2D eigenvalue weighted by atomic mass is 32.2. The summed E-state index contributed by atoms with van der Waals surface area (Å²) in [6, 6.07) is 18.5. The molecular weight excluding hydrogens is 401 g/mol. The molecule has 1 aromatic heterocycles. The second kappa shape index (κ2) is 7.96. The summed E-state index contributed by atoms with van der Waals surface area (Å²) in [4.78, 5) is 4.29. The van der Waals surface area contributed by atoms with Crippen LogP contribution in [0, 0.1) is 0 Å². The Morgan fingerprint density at radius 3 is 2.14 bits per heavy atom. The largest absolute Gasteiger partial charge is 0.416 e. The molecule has 3 aromatic rings. The number of nitrogens with zero attached hydrogens (tertiary/aromatic N) is 1. The number of aromatic nitrogens is 1. The molecular formula is C21H19F3N2O2S. The van der Waals surface area contributed by atoms with Gasteiger partial charge in [-0.3, -0.25) is 4.98 Å². The van der Waals surface area contributed by atoms with Crippen LogP contribution in [-0.2, 0) is 28.2 Å². The second-order valence-corrected chi connectivity index (χ2v) is 8.48. The average molecular weight is 420 g/mol. The van der Waals surface area contributed by atoms with Gasteiger partial charge in [0.05, 0.1) is 17.5 Å². The van der Waals surface area contributed by atoms with E-state index in [9.17, 15) is 21.6 Å². The van der Waals surface area contributed by atoms with Crippen molar-refractivity contribution >= 4 is 10.0 Å². The smallest absolute Gasteiger partial charge is 0.259 e. The van der Waals surface area contributed by atoms with Crippen LogP contribution < -0.4 is 4.72 Å². The van der Waals surface area contributed by atoms with E-state index in [2.05, 4.69) is 9.71 Å². The van der Waals surface area contributed by atoms with E-state index in [0.717, 1.165) is 24.0 Å². The molecule has 3 rings (SSSR count).